The molecule has 0 rings (SSSR count). The molecule has 0 radical (unpaired) electrons. The summed E-state index contributed by atoms with van der Waals surface area (Å²) in [6, 6.07) is 0. The van der Waals surface area contributed by atoms with Gasteiger partial charge in [-0.1, -0.05) is 30.1 Å². The topological polar surface area (TPSA) is 26.3 Å². The molecule has 0 unspecified atom stereocenters. The van der Waals surface area contributed by atoms with Crippen LogP contribution in [0.3, 0.4) is 0 Å². The van der Waals surface area contributed by atoms with Gasteiger partial charge in [0, 0.05) is 0 Å². The molecular weight excluding hydrogens is 187 g/mol. The molecule has 0 saturated heterocycles. The van der Waals surface area contributed by atoms with Crippen LogP contribution in [-0.2, 0) is 9.53 Å². The Labute approximate surface area is 76.1 Å². The number of esters is 1. The summed E-state index contributed by atoms with van der Waals surface area (Å²) < 4.78 is 4.71. The van der Waals surface area contributed by atoms with Gasteiger partial charge in [-0.2, -0.15) is 0 Å². The second kappa shape index (κ2) is 5.44. The average molecular weight is 197 g/mol. The van der Waals surface area contributed by atoms with Gasteiger partial charge in [0.1, 0.15) is 4.49 Å². The van der Waals surface area contributed by atoms with E-state index in [0.29, 0.717) is 6.61 Å². The fourth-order valence-electron chi connectivity index (χ4n) is 0.380. The molecule has 0 spiro atoms. The molecule has 0 aliphatic rings. The fraction of sp³-hybridized carbons (Fsp3) is 0.571. The number of carbonyl (C=O) groups is 1. The van der Waals surface area contributed by atoms with E-state index in [1.54, 1.807) is 0 Å². The minimum atomic E-state index is -0.452. The first-order chi connectivity index (χ1) is 5.09. The number of rotatable bonds is 3. The van der Waals surface area contributed by atoms with Gasteiger partial charge in [-0.3, -0.25) is 0 Å². The van der Waals surface area contributed by atoms with Crippen molar-refractivity contribution >= 4 is 29.2 Å². The minimum Gasteiger partial charge on any atom is -0.462 e. The van der Waals surface area contributed by atoms with E-state index in [2.05, 4.69) is 0 Å². The Balaban J connectivity index is 3.95. The Morgan fingerprint density at radius 3 is 2.36 bits per heavy atom. The van der Waals surface area contributed by atoms with Crippen molar-refractivity contribution < 1.29 is 9.53 Å². The van der Waals surface area contributed by atoms with Crippen molar-refractivity contribution in [2.45, 2.75) is 20.3 Å². The molecular formula is C7H10Cl2O2. The van der Waals surface area contributed by atoms with Crippen LogP contribution in [0.2, 0.25) is 0 Å². The average Bonchev–Trinajstić information content (AvgIpc) is 1.98. The van der Waals surface area contributed by atoms with Gasteiger partial charge in [-0.05, 0) is 13.3 Å². The van der Waals surface area contributed by atoms with Gasteiger partial charge in [-0.25, -0.2) is 4.79 Å². The quantitative estimate of drug-likeness (QED) is 0.513. The number of hydrogen-bond acceptors (Lipinski definition) is 2. The summed E-state index contributed by atoms with van der Waals surface area (Å²) in [7, 11) is 0. The van der Waals surface area contributed by atoms with Crippen molar-refractivity contribution in [2.24, 2.45) is 0 Å². The van der Waals surface area contributed by atoms with Gasteiger partial charge in [0.25, 0.3) is 0 Å². The Hall–Kier alpha value is -0.210. The third-order valence-corrected chi connectivity index (χ3v) is 1.59. The van der Waals surface area contributed by atoms with Crippen molar-refractivity contribution in [3.05, 3.63) is 10.1 Å². The second-order valence-electron chi connectivity index (χ2n) is 2.02. The van der Waals surface area contributed by atoms with Crippen LogP contribution < -0.4 is 0 Å². The van der Waals surface area contributed by atoms with Crippen LogP contribution >= 0.6 is 23.2 Å². The zero-order chi connectivity index (χ0) is 8.85. The zero-order valence-corrected chi connectivity index (χ0v) is 8.00. The van der Waals surface area contributed by atoms with E-state index in [4.69, 9.17) is 27.9 Å². The maximum absolute atomic E-state index is 10.9. The lowest BCUT2D eigenvalue weighted by atomic mass is 10.3. The first-order valence-electron chi connectivity index (χ1n) is 3.28. The lowest BCUT2D eigenvalue weighted by Gasteiger charge is -2.01. The first-order valence-corrected chi connectivity index (χ1v) is 4.04. The van der Waals surface area contributed by atoms with Crippen molar-refractivity contribution in [2.75, 3.05) is 6.61 Å². The van der Waals surface area contributed by atoms with Gasteiger partial charge in [-0.15, -0.1) is 0 Å². The van der Waals surface area contributed by atoms with Crippen molar-refractivity contribution in [1.82, 2.24) is 0 Å². The molecule has 2 nitrogen and oxygen atoms in total. The monoisotopic (exact) mass is 196 g/mol. The van der Waals surface area contributed by atoms with E-state index in [1.165, 1.54) is 6.92 Å². The maximum atomic E-state index is 10.9. The Bertz CT molecular complexity index is 171. The summed E-state index contributed by atoms with van der Waals surface area (Å²) >= 11 is 10.7. The maximum Gasteiger partial charge on any atom is 0.336 e. The van der Waals surface area contributed by atoms with Gasteiger partial charge >= 0.3 is 5.97 Å². The third-order valence-electron chi connectivity index (χ3n) is 1.03. The van der Waals surface area contributed by atoms with E-state index in [-0.39, 0.29) is 10.1 Å². The normalized spacial score (nSPS) is 9.09. The predicted octanol–water partition coefficient (Wildman–Crippen LogP) is 2.65. The van der Waals surface area contributed by atoms with E-state index in [9.17, 15) is 4.79 Å². The van der Waals surface area contributed by atoms with Gasteiger partial charge in [0.2, 0.25) is 0 Å². The van der Waals surface area contributed by atoms with E-state index < -0.39 is 5.97 Å². The smallest absolute Gasteiger partial charge is 0.336 e. The number of halogens is 2. The predicted molar refractivity (Wildman–Crippen MR) is 45.7 cm³/mol. The molecule has 0 aliphatic carbocycles. The molecule has 64 valence electrons. The lowest BCUT2D eigenvalue weighted by Crippen LogP contribution is -2.06. The van der Waals surface area contributed by atoms with Crippen LogP contribution in [-0.4, -0.2) is 12.6 Å². The molecule has 0 heterocycles. The van der Waals surface area contributed by atoms with Crippen LogP contribution in [0.5, 0.6) is 0 Å². The molecule has 4 heteroatoms. The van der Waals surface area contributed by atoms with Gasteiger partial charge in [0.05, 0.1) is 12.2 Å². The molecule has 0 aromatic heterocycles. The van der Waals surface area contributed by atoms with Gasteiger partial charge in [0.15, 0.2) is 0 Å². The van der Waals surface area contributed by atoms with Crippen molar-refractivity contribution in [3.8, 4) is 0 Å². The minimum absolute atomic E-state index is 0.0360. The number of hydrogen-bond donors (Lipinski definition) is 0. The largest absolute Gasteiger partial charge is 0.462 e. The molecule has 0 amide bonds. The third kappa shape index (κ3) is 4.27. The highest BCUT2D eigenvalue weighted by Crippen LogP contribution is 2.14. The van der Waals surface area contributed by atoms with Crippen LogP contribution in [0.25, 0.3) is 0 Å². The SMILES string of the molecule is CCCOC(=O)C(C)=C(Cl)Cl. The second-order valence-corrected chi connectivity index (χ2v) is 2.97. The molecule has 0 atom stereocenters. The molecule has 0 fully saturated rings. The molecule has 0 aromatic carbocycles. The molecule has 0 aromatic rings. The van der Waals surface area contributed by atoms with Crippen molar-refractivity contribution in [1.29, 1.82) is 0 Å². The summed E-state index contributed by atoms with van der Waals surface area (Å²) in [6.45, 7) is 3.83. The standard InChI is InChI=1S/C7H10Cl2O2/c1-3-4-11-7(10)5(2)6(8)9/h3-4H2,1-2H3. The van der Waals surface area contributed by atoms with Crippen LogP contribution in [0.1, 0.15) is 20.3 Å². The number of carbonyl (C=O) groups excluding carboxylic acids is 1. The van der Waals surface area contributed by atoms with E-state index in [0.717, 1.165) is 6.42 Å². The van der Waals surface area contributed by atoms with Crippen LogP contribution in [0, 0.1) is 0 Å². The van der Waals surface area contributed by atoms with Gasteiger partial charge < -0.3 is 4.74 Å². The summed E-state index contributed by atoms with van der Waals surface area (Å²) in [5, 5.41) is 0. The highest BCUT2D eigenvalue weighted by atomic mass is 35.5. The Morgan fingerprint density at radius 2 is 2.00 bits per heavy atom. The summed E-state index contributed by atoms with van der Waals surface area (Å²) in [4.78, 5) is 10.9. The Kier molecular flexibility index (Phi) is 5.34. The fourth-order valence-corrected chi connectivity index (χ4v) is 0.534. The van der Waals surface area contributed by atoms with Crippen LogP contribution in [0.4, 0.5) is 0 Å². The molecule has 0 saturated carbocycles. The highest BCUT2D eigenvalue weighted by Gasteiger charge is 2.08. The molecule has 11 heavy (non-hydrogen) atoms. The first kappa shape index (κ1) is 10.8. The van der Waals surface area contributed by atoms with Crippen LogP contribution in [0.15, 0.2) is 10.1 Å². The summed E-state index contributed by atoms with van der Waals surface area (Å²) in [6.07, 6.45) is 0.791. The van der Waals surface area contributed by atoms with E-state index >= 15 is 0 Å². The molecule has 0 aliphatic heterocycles. The number of ether oxygens (including phenoxy) is 1. The van der Waals surface area contributed by atoms with E-state index in [1.807, 2.05) is 6.92 Å². The summed E-state index contributed by atoms with van der Waals surface area (Å²) in [5.74, 6) is -0.452. The lowest BCUT2D eigenvalue weighted by molar-refractivity contribution is -0.138. The molecule has 0 bridgehead atoms. The summed E-state index contributed by atoms with van der Waals surface area (Å²) in [5.41, 5.74) is 0.252. The van der Waals surface area contributed by atoms with Crippen molar-refractivity contribution in [3.63, 3.8) is 0 Å². The molecule has 0 N–H and O–H groups in total. The zero-order valence-electron chi connectivity index (χ0n) is 6.49. The highest BCUT2D eigenvalue weighted by molar-refractivity contribution is 6.57. The Morgan fingerprint density at radius 1 is 1.45 bits per heavy atom.